The largest absolute Gasteiger partial charge is 0.493 e. The summed E-state index contributed by atoms with van der Waals surface area (Å²) >= 11 is 0. The number of carbonyl (C=O) groups excluding carboxylic acids is 1. The molecular weight excluding hydrogens is 306 g/mol. The van der Waals surface area contributed by atoms with Gasteiger partial charge in [-0.05, 0) is 24.6 Å². The predicted octanol–water partition coefficient (Wildman–Crippen LogP) is 1.51. The quantitative estimate of drug-likeness (QED) is 0.670. The second-order valence-corrected chi connectivity index (χ2v) is 5.92. The van der Waals surface area contributed by atoms with Crippen molar-refractivity contribution in [1.82, 2.24) is 15.5 Å². The lowest BCUT2D eigenvalue weighted by Gasteiger charge is -2.27. The van der Waals surface area contributed by atoms with E-state index in [1.807, 2.05) is 0 Å². The third-order valence-electron chi connectivity index (χ3n) is 4.10. The van der Waals surface area contributed by atoms with Gasteiger partial charge >= 0.3 is 0 Å². The van der Waals surface area contributed by atoms with Crippen molar-refractivity contribution in [2.24, 2.45) is 0 Å². The molecule has 0 unspecified atom stereocenters. The van der Waals surface area contributed by atoms with E-state index in [1.54, 1.807) is 25.3 Å². The SMILES string of the molecule is CCCCOc1ccc(C(=O)NCCN2CCNCC2)cc1OC. The van der Waals surface area contributed by atoms with Gasteiger partial charge in [0.25, 0.3) is 5.91 Å². The molecule has 1 fully saturated rings. The monoisotopic (exact) mass is 335 g/mol. The molecule has 0 aromatic heterocycles. The average molecular weight is 335 g/mol. The van der Waals surface area contributed by atoms with Crippen molar-refractivity contribution in [2.45, 2.75) is 19.8 Å². The van der Waals surface area contributed by atoms with Crippen LogP contribution in [0.15, 0.2) is 18.2 Å². The van der Waals surface area contributed by atoms with Crippen molar-refractivity contribution < 1.29 is 14.3 Å². The zero-order valence-corrected chi connectivity index (χ0v) is 14.8. The second kappa shape index (κ2) is 10.2. The number of hydrogen-bond acceptors (Lipinski definition) is 5. The summed E-state index contributed by atoms with van der Waals surface area (Å²) in [6.07, 6.45) is 2.08. The van der Waals surface area contributed by atoms with E-state index < -0.39 is 0 Å². The van der Waals surface area contributed by atoms with E-state index in [4.69, 9.17) is 9.47 Å². The Morgan fingerprint density at radius 2 is 2.08 bits per heavy atom. The maximum absolute atomic E-state index is 12.3. The lowest BCUT2D eigenvalue weighted by molar-refractivity contribution is 0.0947. The predicted molar refractivity (Wildman–Crippen MR) is 95.0 cm³/mol. The Hall–Kier alpha value is -1.79. The maximum atomic E-state index is 12.3. The third kappa shape index (κ3) is 5.69. The number of nitrogens with zero attached hydrogens (tertiary/aromatic N) is 1. The van der Waals surface area contributed by atoms with Gasteiger partial charge < -0.3 is 20.1 Å². The Morgan fingerprint density at radius 3 is 2.79 bits per heavy atom. The molecule has 0 spiro atoms. The van der Waals surface area contributed by atoms with Crippen LogP contribution < -0.4 is 20.1 Å². The van der Waals surface area contributed by atoms with E-state index >= 15 is 0 Å². The van der Waals surface area contributed by atoms with Crippen molar-refractivity contribution >= 4 is 5.91 Å². The van der Waals surface area contributed by atoms with Gasteiger partial charge in [-0.15, -0.1) is 0 Å². The van der Waals surface area contributed by atoms with Crippen molar-refractivity contribution in [3.63, 3.8) is 0 Å². The minimum Gasteiger partial charge on any atom is -0.493 e. The fraction of sp³-hybridized carbons (Fsp3) is 0.611. The molecule has 6 nitrogen and oxygen atoms in total. The van der Waals surface area contributed by atoms with Gasteiger partial charge in [0, 0.05) is 44.8 Å². The minimum absolute atomic E-state index is 0.0801. The molecule has 2 N–H and O–H groups in total. The molecule has 1 aliphatic heterocycles. The molecule has 1 aromatic rings. The van der Waals surface area contributed by atoms with Crippen LogP contribution in [0, 0.1) is 0 Å². The highest BCUT2D eigenvalue weighted by atomic mass is 16.5. The summed E-state index contributed by atoms with van der Waals surface area (Å²) in [6, 6.07) is 5.32. The van der Waals surface area contributed by atoms with E-state index in [1.165, 1.54) is 0 Å². The summed E-state index contributed by atoms with van der Waals surface area (Å²) in [5.74, 6) is 1.20. The fourth-order valence-corrected chi connectivity index (χ4v) is 2.62. The fourth-order valence-electron chi connectivity index (χ4n) is 2.62. The normalized spacial score (nSPS) is 15.1. The zero-order chi connectivity index (χ0) is 17.2. The lowest BCUT2D eigenvalue weighted by atomic mass is 10.2. The van der Waals surface area contributed by atoms with Gasteiger partial charge in [-0.1, -0.05) is 13.3 Å². The molecule has 2 rings (SSSR count). The van der Waals surface area contributed by atoms with Crippen LogP contribution in [0.25, 0.3) is 0 Å². The number of amides is 1. The van der Waals surface area contributed by atoms with E-state index in [9.17, 15) is 4.79 Å². The molecule has 0 radical (unpaired) electrons. The van der Waals surface area contributed by atoms with Crippen LogP contribution >= 0.6 is 0 Å². The van der Waals surface area contributed by atoms with Gasteiger partial charge in [-0.25, -0.2) is 0 Å². The summed E-state index contributed by atoms with van der Waals surface area (Å²) < 4.78 is 11.0. The van der Waals surface area contributed by atoms with E-state index in [0.29, 0.717) is 30.2 Å². The Kier molecular flexibility index (Phi) is 7.85. The van der Waals surface area contributed by atoms with Crippen LogP contribution in [-0.4, -0.2) is 63.8 Å². The number of methoxy groups -OCH3 is 1. The van der Waals surface area contributed by atoms with Crippen molar-refractivity contribution in [2.75, 3.05) is 53.0 Å². The summed E-state index contributed by atoms with van der Waals surface area (Å²) in [5, 5.41) is 6.29. The summed E-state index contributed by atoms with van der Waals surface area (Å²) in [4.78, 5) is 14.6. The summed E-state index contributed by atoms with van der Waals surface area (Å²) in [5.41, 5.74) is 0.593. The number of rotatable bonds is 9. The van der Waals surface area contributed by atoms with Gasteiger partial charge in [-0.3, -0.25) is 9.69 Å². The number of piperazine rings is 1. The highest BCUT2D eigenvalue weighted by Crippen LogP contribution is 2.28. The Balaban J connectivity index is 1.84. The standard InChI is InChI=1S/C18H29N3O3/c1-3-4-13-24-16-6-5-15(14-17(16)23-2)18(22)20-9-12-21-10-7-19-8-11-21/h5-6,14,19H,3-4,7-13H2,1-2H3,(H,20,22). The molecule has 1 aliphatic rings. The first-order chi connectivity index (χ1) is 11.7. The molecule has 6 heteroatoms. The van der Waals surface area contributed by atoms with Crippen LogP contribution in [0.4, 0.5) is 0 Å². The number of nitrogens with one attached hydrogen (secondary N) is 2. The highest BCUT2D eigenvalue weighted by molar-refractivity contribution is 5.94. The molecule has 134 valence electrons. The Morgan fingerprint density at radius 1 is 1.29 bits per heavy atom. The van der Waals surface area contributed by atoms with Crippen molar-refractivity contribution in [3.8, 4) is 11.5 Å². The van der Waals surface area contributed by atoms with E-state index in [-0.39, 0.29) is 5.91 Å². The molecule has 0 atom stereocenters. The summed E-state index contributed by atoms with van der Waals surface area (Å²) in [7, 11) is 1.59. The molecule has 0 aliphatic carbocycles. The third-order valence-corrected chi connectivity index (χ3v) is 4.10. The van der Waals surface area contributed by atoms with Gasteiger partial charge in [0.2, 0.25) is 0 Å². The summed E-state index contributed by atoms with van der Waals surface area (Å²) in [6.45, 7) is 8.41. The highest BCUT2D eigenvalue weighted by Gasteiger charge is 2.12. The Labute approximate surface area is 144 Å². The minimum atomic E-state index is -0.0801. The molecule has 1 aromatic carbocycles. The first kappa shape index (κ1) is 18.5. The molecule has 0 bridgehead atoms. The number of ether oxygens (including phenoxy) is 2. The average Bonchev–Trinajstić information content (AvgIpc) is 2.63. The van der Waals surface area contributed by atoms with E-state index in [2.05, 4.69) is 22.5 Å². The number of benzene rings is 1. The first-order valence-corrected chi connectivity index (χ1v) is 8.76. The van der Waals surface area contributed by atoms with Crippen LogP contribution in [0.5, 0.6) is 11.5 Å². The maximum Gasteiger partial charge on any atom is 0.251 e. The van der Waals surface area contributed by atoms with Crippen LogP contribution in [0.3, 0.4) is 0 Å². The number of hydrogen-bond donors (Lipinski definition) is 2. The molecule has 1 heterocycles. The van der Waals surface area contributed by atoms with Crippen LogP contribution in [0.2, 0.25) is 0 Å². The molecule has 1 amide bonds. The zero-order valence-electron chi connectivity index (χ0n) is 14.8. The van der Waals surface area contributed by atoms with Crippen LogP contribution in [-0.2, 0) is 0 Å². The van der Waals surface area contributed by atoms with Gasteiger partial charge in [-0.2, -0.15) is 0 Å². The molecular formula is C18H29N3O3. The van der Waals surface area contributed by atoms with Gasteiger partial charge in [0.05, 0.1) is 13.7 Å². The molecule has 24 heavy (non-hydrogen) atoms. The topological polar surface area (TPSA) is 62.8 Å². The number of unbranched alkanes of at least 4 members (excludes halogenated alkanes) is 1. The second-order valence-electron chi connectivity index (χ2n) is 5.92. The molecule has 0 saturated carbocycles. The van der Waals surface area contributed by atoms with Crippen molar-refractivity contribution in [1.29, 1.82) is 0 Å². The van der Waals surface area contributed by atoms with Crippen LogP contribution in [0.1, 0.15) is 30.1 Å². The first-order valence-electron chi connectivity index (χ1n) is 8.76. The lowest BCUT2D eigenvalue weighted by Crippen LogP contribution is -2.46. The molecule has 1 saturated heterocycles. The van der Waals surface area contributed by atoms with Crippen molar-refractivity contribution in [3.05, 3.63) is 23.8 Å². The smallest absolute Gasteiger partial charge is 0.251 e. The number of carbonyl (C=O) groups is 1. The Bertz CT molecular complexity index is 516. The van der Waals surface area contributed by atoms with Gasteiger partial charge in [0.1, 0.15) is 0 Å². The van der Waals surface area contributed by atoms with Gasteiger partial charge in [0.15, 0.2) is 11.5 Å². The van der Waals surface area contributed by atoms with E-state index in [0.717, 1.165) is 45.6 Å².